The smallest absolute Gasteiger partial charge is 0.358 e. The van der Waals surface area contributed by atoms with E-state index in [1.165, 1.54) is 16.9 Å². The highest BCUT2D eigenvalue weighted by molar-refractivity contribution is 5.14. The number of nitrogens with two attached hydrogens (primary N) is 1. The second-order valence-corrected chi connectivity index (χ2v) is 5.00. The maximum Gasteiger partial charge on any atom is 0.389 e. The van der Waals surface area contributed by atoms with Gasteiger partial charge in [-0.05, 0) is 17.8 Å². The second kappa shape index (κ2) is 4.67. The van der Waals surface area contributed by atoms with Gasteiger partial charge in [-0.15, -0.1) is 0 Å². The molecule has 2 aromatic heterocycles. The lowest BCUT2D eigenvalue weighted by atomic mass is 9.99. The molecule has 9 heteroatoms. The molecule has 1 aliphatic rings. The molecule has 9 nitrogen and oxygen atoms in total. The summed E-state index contributed by atoms with van der Waals surface area (Å²) in [6.45, 7) is 0.191. The summed E-state index contributed by atoms with van der Waals surface area (Å²) in [4.78, 5) is 14.3. The summed E-state index contributed by atoms with van der Waals surface area (Å²) in [7, 11) is 0. The third-order valence-corrected chi connectivity index (χ3v) is 3.52. The third-order valence-electron chi connectivity index (χ3n) is 3.52. The Morgan fingerprint density at radius 1 is 1.50 bits per heavy atom. The molecule has 0 saturated heterocycles. The zero-order chi connectivity index (χ0) is 14.2. The topological polar surface area (TPSA) is 126 Å². The SMILES string of the molecule is NC1(c2noc(Cn3ccc([N+](=O)[O-])n3)n2)CCCC1. The highest BCUT2D eigenvalue weighted by atomic mass is 16.6. The lowest BCUT2D eigenvalue weighted by molar-refractivity contribution is -0.389. The van der Waals surface area contributed by atoms with E-state index in [1.807, 2.05) is 0 Å². The molecule has 1 saturated carbocycles. The molecule has 1 aliphatic carbocycles. The van der Waals surface area contributed by atoms with Gasteiger partial charge in [-0.2, -0.15) is 9.67 Å². The molecule has 2 aromatic rings. The molecular weight excluding hydrogens is 264 g/mol. The molecule has 0 aromatic carbocycles. The van der Waals surface area contributed by atoms with Crippen LogP contribution in [0.25, 0.3) is 0 Å². The number of aromatic nitrogens is 4. The van der Waals surface area contributed by atoms with Crippen LogP contribution in [0.5, 0.6) is 0 Å². The van der Waals surface area contributed by atoms with Gasteiger partial charge < -0.3 is 20.4 Å². The van der Waals surface area contributed by atoms with Crippen molar-refractivity contribution in [3.63, 3.8) is 0 Å². The van der Waals surface area contributed by atoms with Gasteiger partial charge in [0.05, 0.1) is 22.9 Å². The average molecular weight is 278 g/mol. The Morgan fingerprint density at radius 3 is 2.90 bits per heavy atom. The summed E-state index contributed by atoms with van der Waals surface area (Å²) in [6, 6.07) is 1.32. The Bertz CT molecular complexity index is 628. The Balaban J connectivity index is 1.75. The van der Waals surface area contributed by atoms with Crippen LogP contribution in [0.3, 0.4) is 0 Å². The van der Waals surface area contributed by atoms with Gasteiger partial charge >= 0.3 is 5.82 Å². The molecule has 2 heterocycles. The molecule has 0 atom stereocenters. The van der Waals surface area contributed by atoms with Crippen LogP contribution in [0.4, 0.5) is 5.82 Å². The van der Waals surface area contributed by atoms with Crippen LogP contribution in [-0.2, 0) is 12.1 Å². The van der Waals surface area contributed by atoms with Gasteiger partial charge in [0.2, 0.25) is 0 Å². The van der Waals surface area contributed by atoms with Gasteiger partial charge in [0.15, 0.2) is 5.82 Å². The summed E-state index contributed by atoms with van der Waals surface area (Å²) in [5, 5.41) is 18.3. The zero-order valence-electron chi connectivity index (χ0n) is 10.7. The van der Waals surface area contributed by atoms with Crippen LogP contribution in [-0.4, -0.2) is 24.8 Å². The maximum atomic E-state index is 10.5. The standard InChI is InChI=1S/C11H14N6O3/c12-11(4-1-2-5-11)10-13-9(20-15-10)7-16-6-3-8(14-16)17(18)19/h3,6H,1-2,4-5,7,12H2. The molecule has 0 bridgehead atoms. The van der Waals surface area contributed by atoms with Gasteiger partial charge in [-0.3, -0.25) is 0 Å². The van der Waals surface area contributed by atoms with Crippen molar-refractivity contribution in [2.24, 2.45) is 5.73 Å². The summed E-state index contributed by atoms with van der Waals surface area (Å²) < 4.78 is 6.53. The van der Waals surface area contributed by atoms with E-state index in [2.05, 4.69) is 15.2 Å². The maximum absolute atomic E-state index is 10.5. The van der Waals surface area contributed by atoms with Crippen molar-refractivity contribution in [1.29, 1.82) is 0 Å². The fourth-order valence-corrected chi connectivity index (χ4v) is 2.43. The minimum Gasteiger partial charge on any atom is -0.358 e. The van der Waals surface area contributed by atoms with Crippen molar-refractivity contribution < 1.29 is 9.45 Å². The van der Waals surface area contributed by atoms with E-state index in [1.54, 1.807) is 0 Å². The van der Waals surface area contributed by atoms with Crippen molar-refractivity contribution >= 4 is 5.82 Å². The van der Waals surface area contributed by atoms with Crippen molar-refractivity contribution in [2.75, 3.05) is 0 Å². The van der Waals surface area contributed by atoms with E-state index in [0.717, 1.165) is 25.7 Å². The van der Waals surface area contributed by atoms with Crippen LogP contribution in [0.15, 0.2) is 16.8 Å². The number of nitrogens with zero attached hydrogens (tertiary/aromatic N) is 5. The molecular formula is C11H14N6O3. The van der Waals surface area contributed by atoms with E-state index in [0.29, 0.717) is 11.7 Å². The molecule has 2 N–H and O–H groups in total. The van der Waals surface area contributed by atoms with Crippen molar-refractivity contribution in [3.05, 3.63) is 34.1 Å². The summed E-state index contributed by atoms with van der Waals surface area (Å²) >= 11 is 0. The lowest BCUT2D eigenvalue weighted by Gasteiger charge is -2.17. The minimum atomic E-state index is -0.552. The summed E-state index contributed by atoms with van der Waals surface area (Å²) in [5.41, 5.74) is 5.73. The second-order valence-electron chi connectivity index (χ2n) is 5.00. The molecule has 106 valence electrons. The molecule has 0 aliphatic heterocycles. The Morgan fingerprint density at radius 2 is 2.25 bits per heavy atom. The minimum absolute atomic E-state index is 0.191. The van der Waals surface area contributed by atoms with Crippen LogP contribution in [0, 0.1) is 10.1 Å². The number of hydrogen-bond donors (Lipinski definition) is 1. The first-order valence-electron chi connectivity index (χ1n) is 6.37. The lowest BCUT2D eigenvalue weighted by Crippen LogP contribution is -2.34. The molecule has 0 unspecified atom stereocenters. The predicted octanol–water partition coefficient (Wildman–Crippen LogP) is 0.951. The number of nitro groups is 1. The first-order chi connectivity index (χ1) is 9.57. The fraction of sp³-hybridized carbons (Fsp3) is 0.545. The molecule has 20 heavy (non-hydrogen) atoms. The van der Waals surface area contributed by atoms with Gasteiger partial charge in [-0.1, -0.05) is 18.0 Å². The molecule has 1 fully saturated rings. The first kappa shape index (κ1) is 12.7. The van der Waals surface area contributed by atoms with E-state index in [9.17, 15) is 10.1 Å². The van der Waals surface area contributed by atoms with Gasteiger partial charge in [0.1, 0.15) is 6.54 Å². The number of rotatable bonds is 4. The number of hydrogen-bond acceptors (Lipinski definition) is 7. The van der Waals surface area contributed by atoms with E-state index >= 15 is 0 Å². The third kappa shape index (κ3) is 2.27. The van der Waals surface area contributed by atoms with Crippen molar-refractivity contribution in [3.8, 4) is 0 Å². The Labute approximate surface area is 113 Å². The Hall–Kier alpha value is -2.29. The monoisotopic (exact) mass is 278 g/mol. The highest BCUT2D eigenvalue weighted by Gasteiger charge is 2.36. The van der Waals surface area contributed by atoms with E-state index in [4.69, 9.17) is 10.3 Å². The van der Waals surface area contributed by atoms with E-state index in [-0.39, 0.29) is 12.4 Å². The summed E-state index contributed by atoms with van der Waals surface area (Å²) in [5.74, 6) is 0.636. The van der Waals surface area contributed by atoms with Crippen molar-refractivity contribution in [1.82, 2.24) is 19.9 Å². The molecule has 0 radical (unpaired) electrons. The molecule has 0 amide bonds. The average Bonchev–Trinajstić information content (AvgIpc) is 3.10. The quantitative estimate of drug-likeness (QED) is 0.651. The van der Waals surface area contributed by atoms with Gasteiger partial charge in [0, 0.05) is 0 Å². The zero-order valence-corrected chi connectivity index (χ0v) is 10.7. The van der Waals surface area contributed by atoms with Crippen molar-refractivity contribution in [2.45, 2.75) is 37.8 Å². The first-order valence-corrected chi connectivity index (χ1v) is 6.37. The van der Waals surface area contributed by atoms with Gasteiger partial charge in [-0.25, -0.2) is 0 Å². The summed E-state index contributed by atoms with van der Waals surface area (Å²) in [6.07, 6.45) is 5.31. The van der Waals surface area contributed by atoms with Gasteiger partial charge in [0.25, 0.3) is 5.89 Å². The van der Waals surface area contributed by atoms with E-state index < -0.39 is 10.5 Å². The van der Waals surface area contributed by atoms with Crippen LogP contribution < -0.4 is 5.73 Å². The molecule has 3 rings (SSSR count). The van der Waals surface area contributed by atoms with Crippen LogP contribution in [0.1, 0.15) is 37.4 Å². The highest BCUT2D eigenvalue weighted by Crippen LogP contribution is 2.34. The Kier molecular flexibility index (Phi) is 2.97. The van der Waals surface area contributed by atoms with Crippen LogP contribution >= 0.6 is 0 Å². The normalized spacial score (nSPS) is 17.4. The fourth-order valence-electron chi connectivity index (χ4n) is 2.43. The predicted molar refractivity (Wildman–Crippen MR) is 66.6 cm³/mol. The van der Waals surface area contributed by atoms with Crippen LogP contribution in [0.2, 0.25) is 0 Å². The largest absolute Gasteiger partial charge is 0.389 e. The molecule has 0 spiro atoms.